The van der Waals surface area contributed by atoms with Crippen molar-refractivity contribution in [1.29, 1.82) is 0 Å². The summed E-state index contributed by atoms with van der Waals surface area (Å²) in [5.41, 5.74) is 0.114. The molecule has 314 valence electrons. The second kappa shape index (κ2) is 20.4. The van der Waals surface area contributed by atoms with Gasteiger partial charge in [0, 0.05) is 22.1 Å². The van der Waals surface area contributed by atoms with Gasteiger partial charge in [0.1, 0.15) is 17.2 Å². The number of halogens is 6. The summed E-state index contributed by atoms with van der Waals surface area (Å²) in [5.74, 6) is -6.70. The number of methoxy groups -OCH3 is 1. The Morgan fingerprint density at radius 1 is 0.500 bits per heavy atom. The summed E-state index contributed by atoms with van der Waals surface area (Å²) in [5, 5.41) is 0. The minimum absolute atomic E-state index is 0.00425. The highest BCUT2D eigenvalue weighted by Crippen LogP contribution is 2.55. The zero-order valence-corrected chi connectivity index (χ0v) is 33.7. The maximum Gasteiger partial charge on any atom is 0.219 e. The molecule has 0 saturated carbocycles. The van der Waals surface area contributed by atoms with E-state index >= 15 is 13.2 Å². The van der Waals surface area contributed by atoms with Crippen LogP contribution < -0.4 is 14.2 Å². The van der Waals surface area contributed by atoms with Gasteiger partial charge in [0.05, 0.1) is 20.3 Å². The van der Waals surface area contributed by atoms with Gasteiger partial charge >= 0.3 is 0 Å². The highest BCUT2D eigenvalue weighted by Gasteiger charge is 2.50. The number of hydrogen-bond acceptors (Lipinski definition) is 6. The lowest BCUT2D eigenvalue weighted by atomic mass is 9.54. The van der Waals surface area contributed by atoms with Gasteiger partial charge in [-0.25, -0.2) is 0 Å². The van der Waals surface area contributed by atoms with Gasteiger partial charge in [0.2, 0.25) is 35.7 Å². The summed E-state index contributed by atoms with van der Waals surface area (Å²) in [6.07, 6.45) is 3.25. The molecule has 0 bridgehead atoms. The SMILES string of the molecule is CCCCCOc1ccc(CC(c2ccc(F)nc2F)(C(Cc2ccc(F)nc2F)c2ccc(OC)cc2)C(Cc2ccc(F)nc2F)c2ccc(OCCC)cc2)cc1. The lowest BCUT2D eigenvalue weighted by Crippen LogP contribution is -2.45. The van der Waals surface area contributed by atoms with Crippen LogP contribution in [0.2, 0.25) is 0 Å². The smallest absolute Gasteiger partial charge is 0.219 e. The molecular formula is C48H47F6N3O3. The maximum absolute atomic E-state index is 17.0. The first-order valence-electron chi connectivity index (χ1n) is 20.1. The third-order valence-corrected chi connectivity index (χ3v) is 10.9. The van der Waals surface area contributed by atoms with Crippen molar-refractivity contribution < 1.29 is 40.6 Å². The number of aromatic nitrogens is 3. The van der Waals surface area contributed by atoms with Crippen LogP contribution >= 0.6 is 0 Å². The molecule has 3 aromatic heterocycles. The quantitative estimate of drug-likeness (QED) is 0.0434. The van der Waals surface area contributed by atoms with Gasteiger partial charge in [-0.3, -0.25) is 0 Å². The number of benzene rings is 3. The molecule has 0 N–H and O–H groups in total. The number of rotatable bonds is 20. The van der Waals surface area contributed by atoms with E-state index < -0.39 is 52.9 Å². The zero-order valence-electron chi connectivity index (χ0n) is 33.7. The Labute approximate surface area is 346 Å². The summed E-state index contributed by atoms with van der Waals surface area (Å²) in [4.78, 5) is 10.6. The van der Waals surface area contributed by atoms with E-state index in [9.17, 15) is 13.2 Å². The minimum Gasteiger partial charge on any atom is -0.497 e. The standard InChI is InChI=1S/C48H47F6N3O3/c1-4-6-7-27-60-37-16-8-31(9-17-37)30-48(39-22-25-44(51)57-47(39)54,40(32-10-18-36(58-3)19-11-32)28-34-14-23-42(49)55-45(34)52)41(29-35-15-24-43(50)56-46(35)53)33-12-20-38(21-13-33)59-26-5-2/h8-25,40-41H,4-7,26-30H2,1-3H3. The zero-order chi connectivity index (χ0) is 42.6. The molecule has 0 saturated heterocycles. The Bertz CT molecular complexity index is 2310. The van der Waals surface area contributed by atoms with Crippen LogP contribution in [0.1, 0.15) is 84.7 Å². The first-order chi connectivity index (χ1) is 29.0. The van der Waals surface area contributed by atoms with Crippen molar-refractivity contribution in [2.45, 2.75) is 76.0 Å². The lowest BCUT2D eigenvalue weighted by molar-refractivity contribution is 0.251. The van der Waals surface area contributed by atoms with Crippen molar-refractivity contribution in [2.75, 3.05) is 20.3 Å². The minimum atomic E-state index is -1.63. The van der Waals surface area contributed by atoms with Crippen molar-refractivity contribution in [1.82, 2.24) is 15.0 Å². The van der Waals surface area contributed by atoms with Crippen LogP contribution in [0.5, 0.6) is 17.2 Å². The predicted octanol–water partition coefficient (Wildman–Crippen LogP) is 11.6. The van der Waals surface area contributed by atoms with Crippen LogP contribution in [0.3, 0.4) is 0 Å². The topological polar surface area (TPSA) is 66.4 Å². The number of unbranched alkanes of at least 4 members (excludes halogenated alkanes) is 2. The molecule has 0 amide bonds. The van der Waals surface area contributed by atoms with E-state index in [-0.39, 0.29) is 36.0 Å². The maximum atomic E-state index is 17.0. The molecule has 3 atom stereocenters. The molecule has 3 unspecified atom stereocenters. The fraction of sp³-hybridized carbons (Fsp3) is 0.312. The van der Waals surface area contributed by atoms with Gasteiger partial charge in [0.15, 0.2) is 0 Å². The van der Waals surface area contributed by atoms with Gasteiger partial charge in [-0.15, -0.1) is 0 Å². The molecule has 0 aliphatic carbocycles. The van der Waals surface area contributed by atoms with E-state index in [2.05, 4.69) is 21.9 Å². The Kier molecular flexibility index (Phi) is 14.8. The average Bonchev–Trinajstić information content (AvgIpc) is 3.24. The van der Waals surface area contributed by atoms with E-state index in [0.29, 0.717) is 47.2 Å². The van der Waals surface area contributed by atoms with Crippen molar-refractivity contribution >= 4 is 0 Å². The first kappa shape index (κ1) is 43.7. The summed E-state index contributed by atoms with van der Waals surface area (Å²) in [7, 11) is 1.50. The molecule has 0 fully saturated rings. The molecule has 60 heavy (non-hydrogen) atoms. The summed E-state index contributed by atoms with van der Waals surface area (Å²) in [6, 6.07) is 28.3. The highest BCUT2D eigenvalue weighted by molar-refractivity contribution is 5.46. The molecular weight excluding hydrogens is 781 g/mol. The molecule has 6 aromatic rings. The Morgan fingerprint density at radius 2 is 0.967 bits per heavy atom. The molecule has 0 aliphatic heterocycles. The van der Waals surface area contributed by atoms with E-state index in [1.807, 2.05) is 19.1 Å². The van der Waals surface area contributed by atoms with Crippen LogP contribution in [-0.4, -0.2) is 35.3 Å². The van der Waals surface area contributed by atoms with E-state index in [1.54, 1.807) is 60.7 Å². The molecule has 3 heterocycles. The summed E-state index contributed by atoms with van der Waals surface area (Å²) >= 11 is 0. The van der Waals surface area contributed by atoms with Crippen LogP contribution in [0.15, 0.2) is 109 Å². The van der Waals surface area contributed by atoms with Gasteiger partial charge in [0.25, 0.3) is 0 Å². The molecule has 6 nitrogen and oxygen atoms in total. The molecule has 0 radical (unpaired) electrons. The number of nitrogens with zero attached hydrogens (tertiary/aromatic N) is 3. The summed E-state index contributed by atoms with van der Waals surface area (Å²) in [6.45, 7) is 5.03. The van der Waals surface area contributed by atoms with E-state index in [1.165, 1.54) is 25.3 Å². The van der Waals surface area contributed by atoms with E-state index in [4.69, 9.17) is 14.2 Å². The molecule has 0 spiro atoms. The Morgan fingerprint density at radius 3 is 1.43 bits per heavy atom. The fourth-order valence-electron chi connectivity index (χ4n) is 7.98. The number of ether oxygens (including phenoxy) is 3. The van der Waals surface area contributed by atoms with Crippen molar-refractivity contribution in [3.8, 4) is 17.2 Å². The van der Waals surface area contributed by atoms with Gasteiger partial charge in [-0.05, 0) is 133 Å². The monoisotopic (exact) mass is 827 g/mol. The van der Waals surface area contributed by atoms with Gasteiger partial charge in [-0.2, -0.15) is 41.3 Å². The predicted molar refractivity (Wildman–Crippen MR) is 217 cm³/mol. The Balaban J connectivity index is 1.69. The van der Waals surface area contributed by atoms with E-state index in [0.717, 1.165) is 43.9 Å². The molecule has 12 heteroatoms. The van der Waals surface area contributed by atoms with Crippen molar-refractivity contribution in [2.24, 2.45) is 0 Å². The van der Waals surface area contributed by atoms with Crippen LogP contribution in [-0.2, 0) is 24.7 Å². The number of pyridine rings is 3. The molecule has 0 aliphatic rings. The van der Waals surface area contributed by atoms with Crippen LogP contribution in [0.25, 0.3) is 0 Å². The largest absolute Gasteiger partial charge is 0.497 e. The molecule has 6 rings (SSSR count). The third-order valence-electron chi connectivity index (χ3n) is 10.9. The third kappa shape index (κ3) is 10.4. The molecule has 3 aromatic carbocycles. The highest BCUT2D eigenvalue weighted by atomic mass is 19.2. The first-order valence-corrected chi connectivity index (χ1v) is 20.1. The van der Waals surface area contributed by atoms with Crippen molar-refractivity contribution in [3.63, 3.8) is 0 Å². The van der Waals surface area contributed by atoms with Crippen LogP contribution in [0, 0.1) is 35.7 Å². The van der Waals surface area contributed by atoms with Gasteiger partial charge < -0.3 is 14.2 Å². The average molecular weight is 828 g/mol. The van der Waals surface area contributed by atoms with Gasteiger partial charge in [-0.1, -0.05) is 63.1 Å². The normalized spacial score (nSPS) is 13.3. The Hall–Kier alpha value is -5.91. The number of hydrogen-bond donors (Lipinski definition) is 0. The second-order valence-corrected chi connectivity index (χ2v) is 14.8. The fourth-order valence-corrected chi connectivity index (χ4v) is 7.98. The second-order valence-electron chi connectivity index (χ2n) is 14.8. The summed E-state index contributed by atoms with van der Waals surface area (Å²) < 4.78 is 110. The van der Waals surface area contributed by atoms with Crippen LogP contribution in [0.4, 0.5) is 26.3 Å². The lowest BCUT2D eigenvalue weighted by Gasteiger charge is -2.48. The van der Waals surface area contributed by atoms with Crippen molar-refractivity contribution in [3.05, 3.63) is 178 Å².